The fourth-order valence-electron chi connectivity index (χ4n) is 2.57. The molecule has 1 unspecified atom stereocenters. The van der Waals surface area contributed by atoms with E-state index in [4.69, 9.17) is 4.74 Å². The lowest BCUT2D eigenvalue weighted by Gasteiger charge is -2.17. The van der Waals surface area contributed by atoms with Crippen molar-refractivity contribution in [3.8, 4) is 5.75 Å². The first-order valence-electron chi connectivity index (χ1n) is 8.77. The Kier molecular flexibility index (Phi) is 7.14. The summed E-state index contributed by atoms with van der Waals surface area (Å²) < 4.78 is 5.47. The third-order valence-corrected chi connectivity index (χ3v) is 3.82. The Labute approximate surface area is 154 Å². The quantitative estimate of drug-likeness (QED) is 0.711. The number of carbonyl (C=O) groups excluding carboxylic acids is 2. The molecule has 6 nitrogen and oxygen atoms in total. The predicted molar refractivity (Wildman–Crippen MR) is 101 cm³/mol. The molecule has 0 saturated carbocycles. The van der Waals surface area contributed by atoms with Crippen LogP contribution in [-0.4, -0.2) is 23.4 Å². The number of nitrogens with one attached hydrogen (secondary N) is 2. The number of amides is 2. The maximum Gasteiger partial charge on any atom is 0.233 e. The Morgan fingerprint density at radius 2 is 1.92 bits per heavy atom. The van der Waals surface area contributed by atoms with Crippen LogP contribution in [0.1, 0.15) is 44.0 Å². The number of benzene rings is 1. The number of ether oxygens (including phenoxy) is 1. The predicted octanol–water partition coefficient (Wildman–Crippen LogP) is 3.38. The van der Waals surface area contributed by atoms with Gasteiger partial charge in [-0.2, -0.15) is 0 Å². The third-order valence-electron chi connectivity index (χ3n) is 3.82. The number of aromatic nitrogens is 1. The van der Waals surface area contributed by atoms with Crippen LogP contribution in [0.4, 0.5) is 5.69 Å². The highest BCUT2D eigenvalue weighted by Crippen LogP contribution is 2.23. The van der Waals surface area contributed by atoms with Crippen molar-refractivity contribution >= 4 is 17.5 Å². The molecule has 0 saturated heterocycles. The second-order valence-corrected chi connectivity index (χ2v) is 5.94. The van der Waals surface area contributed by atoms with Crippen LogP contribution in [0.3, 0.4) is 0 Å². The van der Waals surface area contributed by atoms with Crippen molar-refractivity contribution in [2.75, 3.05) is 11.9 Å². The minimum atomic E-state index is -0.387. The van der Waals surface area contributed by atoms with Crippen molar-refractivity contribution in [3.05, 3.63) is 53.9 Å². The number of aryl methyl sites for hydroxylation is 1. The molecule has 138 valence electrons. The van der Waals surface area contributed by atoms with E-state index in [0.717, 1.165) is 11.3 Å². The highest BCUT2D eigenvalue weighted by Gasteiger charge is 2.17. The number of nitrogens with zero attached hydrogens (tertiary/aromatic N) is 1. The molecule has 6 heteroatoms. The monoisotopic (exact) mass is 355 g/mol. The van der Waals surface area contributed by atoms with E-state index in [1.807, 2.05) is 39.0 Å². The number of anilines is 1. The van der Waals surface area contributed by atoms with Gasteiger partial charge in [0.1, 0.15) is 12.2 Å². The second kappa shape index (κ2) is 9.56. The van der Waals surface area contributed by atoms with E-state index >= 15 is 0 Å². The van der Waals surface area contributed by atoms with Crippen LogP contribution in [0.15, 0.2) is 42.6 Å². The van der Waals surface area contributed by atoms with Crippen LogP contribution in [0.25, 0.3) is 0 Å². The zero-order chi connectivity index (χ0) is 18.9. The maximum atomic E-state index is 12.3. The first-order valence-corrected chi connectivity index (χ1v) is 8.77. The standard InChI is InChI=1S/C20H25N3O3/c1-4-15(17-12-14(3)10-11-21-17)22-19(24)13-20(25)23-16-8-6-7-9-18(16)26-5-2/h6-12,15H,4-5,13H2,1-3H3,(H,22,24)(H,23,25). The molecule has 1 aromatic heterocycles. The van der Waals surface area contributed by atoms with E-state index in [-0.39, 0.29) is 24.3 Å². The smallest absolute Gasteiger partial charge is 0.233 e. The summed E-state index contributed by atoms with van der Waals surface area (Å²) in [7, 11) is 0. The van der Waals surface area contributed by atoms with Crippen LogP contribution in [0.5, 0.6) is 5.75 Å². The molecule has 0 aliphatic rings. The number of rotatable bonds is 8. The number of para-hydroxylation sites is 2. The van der Waals surface area contributed by atoms with Crippen molar-refractivity contribution in [1.29, 1.82) is 0 Å². The summed E-state index contributed by atoms with van der Waals surface area (Å²) in [6, 6.07) is 10.8. The topological polar surface area (TPSA) is 80.3 Å². The van der Waals surface area contributed by atoms with E-state index in [1.54, 1.807) is 24.4 Å². The summed E-state index contributed by atoms with van der Waals surface area (Å²) in [6.07, 6.45) is 2.15. The number of carbonyl (C=O) groups is 2. The normalized spacial score (nSPS) is 11.5. The maximum absolute atomic E-state index is 12.3. The van der Waals surface area contributed by atoms with Gasteiger partial charge in [0.15, 0.2) is 0 Å². The highest BCUT2D eigenvalue weighted by molar-refractivity contribution is 6.04. The van der Waals surface area contributed by atoms with Gasteiger partial charge in [0.25, 0.3) is 0 Å². The molecule has 0 spiro atoms. The number of pyridine rings is 1. The second-order valence-electron chi connectivity index (χ2n) is 5.94. The van der Waals surface area contributed by atoms with Gasteiger partial charge in [-0.3, -0.25) is 14.6 Å². The molecule has 0 aliphatic heterocycles. The first kappa shape index (κ1) is 19.4. The summed E-state index contributed by atoms with van der Waals surface area (Å²) in [4.78, 5) is 28.8. The minimum Gasteiger partial charge on any atom is -0.492 e. The van der Waals surface area contributed by atoms with Gasteiger partial charge in [-0.25, -0.2) is 0 Å². The summed E-state index contributed by atoms with van der Waals surface area (Å²) in [5.74, 6) is -0.146. The molecule has 2 rings (SSSR count). The van der Waals surface area contributed by atoms with Crippen molar-refractivity contribution < 1.29 is 14.3 Å². The van der Waals surface area contributed by atoms with Crippen LogP contribution in [0.2, 0.25) is 0 Å². The Morgan fingerprint density at radius 1 is 1.15 bits per heavy atom. The van der Waals surface area contributed by atoms with Crippen LogP contribution < -0.4 is 15.4 Å². The van der Waals surface area contributed by atoms with Crippen LogP contribution >= 0.6 is 0 Å². The van der Waals surface area contributed by atoms with Gasteiger partial charge in [0.05, 0.1) is 24.0 Å². The van der Waals surface area contributed by atoms with Gasteiger partial charge in [-0.15, -0.1) is 0 Å². The van der Waals surface area contributed by atoms with Gasteiger partial charge in [-0.05, 0) is 50.1 Å². The van der Waals surface area contributed by atoms with Gasteiger partial charge in [0.2, 0.25) is 11.8 Å². The lowest BCUT2D eigenvalue weighted by atomic mass is 10.1. The van der Waals surface area contributed by atoms with Crippen molar-refractivity contribution in [1.82, 2.24) is 10.3 Å². The van der Waals surface area contributed by atoms with Crippen LogP contribution in [0, 0.1) is 6.92 Å². The molecule has 0 fully saturated rings. The zero-order valence-electron chi connectivity index (χ0n) is 15.4. The molecule has 2 aromatic rings. The summed E-state index contributed by atoms with van der Waals surface area (Å²) in [6.45, 7) is 6.31. The number of hydrogen-bond acceptors (Lipinski definition) is 4. The van der Waals surface area contributed by atoms with Gasteiger partial charge in [-0.1, -0.05) is 19.1 Å². The van der Waals surface area contributed by atoms with E-state index < -0.39 is 0 Å². The largest absolute Gasteiger partial charge is 0.492 e. The Balaban J connectivity index is 1.95. The molecule has 26 heavy (non-hydrogen) atoms. The molecular formula is C20H25N3O3. The molecule has 0 radical (unpaired) electrons. The van der Waals surface area contributed by atoms with Crippen molar-refractivity contribution in [2.24, 2.45) is 0 Å². The average molecular weight is 355 g/mol. The highest BCUT2D eigenvalue weighted by atomic mass is 16.5. The van der Waals surface area contributed by atoms with Crippen molar-refractivity contribution in [3.63, 3.8) is 0 Å². The van der Waals surface area contributed by atoms with Gasteiger partial charge in [0, 0.05) is 6.20 Å². The third kappa shape index (κ3) is 5.58. The lowest BCUT2D eigenvalue weighted by molar-refractivity contribution is -0.127. The zero-order valence-corrected chi connectivity index (χ0v) is 15.4. The SMILES string of the molecule is CCOc1ccccc1NC(=O)CC(=O)NC(CC)c1cc(C)ccn1. The lowest BCUT2D eigenvalue weighted by Crippen LogP contribution is -2.31. The molecule has 0 aliphatic carbocycles. The molecule has 1 heterocycles. The fraction of sp³-hybridized carbons (Fsp3) is 0.350. The molecule has 1 atom stereocenters. The molecular weight excluding hydrogens is 330 g/mol. The van der Waals surface area contributed by atoms with Crippen LogP contribution in [-0.2, 0) is 9.59 Å². The number of hydrogen-bond donors (Lipinski definition) is 2. The average Bonchev–Trinajstić information content (AvgIpc) is 2.61. The first-order chi connectivity index (χ1) is 12.5. The summed E-state index contributed by atoms with van der Waals surface area (Å²) >= 11 is 0. The van der Waals surface area contributed by atoms with E-state index in [0.29, 0.717) is 24.5 Å². The Hall–Kier alpha value is -2.89. The molecule has 2 N–H and O–H groups in total. The van der Waals surface area contributed by atoms with E-state index in [9.17, 15) is 9.59 Å². The summed E-state index contributed by atoms with van der Waals surface area (Å²) in [5, 5.41) is 5.60. The minimum absolute atomic E-state index is 0.217. The fourth-order valence-corrected chi connectivity index (χ4v) is 2.57. The van der Waals surface area contributed by atoms with Crippen molar-refractivity contribution in [2.45, 2.75) is 39.7 Å². The van der Waals surface area contributed by atoms with Gasteiger partial charge < -0.3 is 15.4 Å². The Bertz CT molecular complexity index is 761. The Morgan fingerprint density at radius 3 is 2.62 bits per heavy atom. The molecule has 1 aromatic carbocycles. The van der Waals surface area contributed by atoms with E-state index in [2.05, 4.69) is 15.6 Å². The molecule has 0 bridgehead atoms. The molecule has 2 amide bonds. The van der Waals surface area contributed by atoms with E-state index in [1.165, 1.54) is 0 Å². The summed E-state index contributed by atoms with van der Waals surface area (Å²) in [5.41, 5.74) is 2.43. The van der Waals surface area contributed by atoms with Gasteiger partial charge >= 0.3 is 0 Å².